The summed E-state index contributed by atoms with van der Waals surface area (Å²) < 4.78 is 5.88. The molecule has 0 spiro atoms. The molecule has 0 saturated heterocycles. The van der Waals surface area contributed by atoms with E-state index in [1.54, 1.807) is 0 Å². The third-order valence-electron chi connectivity index (χ3n) is 3.50. The number of aryl methyl sites for hydroxylation is 2. The summed E-state index contributed by atoms with van der Waals surface area (Å²) in [6.45, 7) is 5.82. The Labute approximate surface area is 97.8 Å². The highest BCUT2D eigenvalue weighted by Gasteiger charge is 2.28. The van der Waals surface area contributed by atoms with Crippen molar-refractivity contribution in [2.24, 2.45) is 11.7 Å². The summed E-state index contributed by atoms with van der Waals surface area (Å²) in [5.41, 5.74) is 9.53. The molecule has 1 saturated carbocycles. The van der Waals surface area contributed by atoms with Crippen molar-refractivity contribution in [1.82, 2.24) is 0 Å². The molecule has 2 N–H and O–H groups in total. The minimum Gasteiger partial charge on any atom is -0.374 e. The monoisotopic (exact) mass is 219 g/mol. The Bertz CT molecular complexity index is 356. The Morgan fingerprint density at radius 1 is 1.31 bits per heavy atom. The molecule has 0 unspecified atom stereocenters. The smallest absolute Gasteiger partial charge is 0.0723 e. The third kappa shape index (κ3) is 2.63. The van der Waals surface area contributed by atoms with E-state index in [4.69, 9.17) is 10.5 Å². The van der Waals surface area contributed by atoms with Crippen LogP contribution in [0.1, 0.15) is 29.5 Å². The Hall–Kier alpha value is -0.860. The number of rotatable bonds is 4. The van der Waals surface area contributed by atoms with Crippen molar-refractivity contribution in [3.8, 4) is 0 Å². The Morgan fingerprint density at radius 2 is 2.06 bits per heavy atom. The molecule has 1 aromatic rings. The van der Waals surface area contributed by atoms with Crippen LogP contribution in [0.25, 0.3) is 0 Å². The third-order valence-corrected chi connectivity index (χ3v) is 3.50. The van der Waals surface area contributed by atoms with Crippen molar-refractivity contribution < 1.29 is 4.74 Å². The van der Waals surface area contributed by atoms with Gasteiger partial charge in [0.05, 0.1) is 12.7 Å². The second-order valence-corrected chi connectivity index (χ2v) is 4.94. The van der Waals surface area contributed by atoms with E-state index >= 15 is 0 Å². The van der Waals surface area contributed by atoms with Crippen molar-refractivity contribution in [1.29, 1.82) is 0 Å². The van der Waals surface area contributed by atoms with Gasteiger partial charge >= 0.3 is 0 Å². The summed E-state index contributed by atoms with van der Waals surface area (Å²) in [6.07, 6.45) is 2.72. The van der Waals surface area contributed by atoms with Crippen LogP contribution in [0.4, 0.5) is 0 Å². The Balaban J connectivity index is 1.83. The van der Waals surface area contributed by atoms with Crippen LogP contribution in [0.5, 0.6) is 0 Å². The number of hydrogen-bond acceptors (Lipinski definition) is 2. The van der Waals surface area contributed by atoms with Crippen LogP contribution in [0.3, 0.4) is 0 Å². The molecule has 16 heavy (non-hydrogen) atoms. The Morgan fingerprint density at radius 3 is 2.75 bits per heavy atom. The normalized spacial score (nSPS) is 24.2. The van der Waals surface area contributed by atoms with Crippen molar-refractivity contribution in [3.05, 3.63) is 34.9 Å². The second kappa shape index (κ2) is 4.98. The fourth-order valence-corrected chi connectivity index (χ4v) is 2.17. The molecule has 1 aliphatic rings. The number of benzene rings is 1. The van der Waals surface area contributed by atoms with Crippen LogP contribution in [-0.2, 0) is 11.3 Å². The largest absolute Gasteiger partial charge is 0.374 e. The average Bonchev–Trinajstić information content (AvgIpc) is 2.21. The summed E-state index contributed by atoms with van der Waals surface area (Å²) >= 11 is 0. The highest BCUT2D eigenvalue weighted by molar-refractivity contribution is 5.29. The highest BCUT2D eigenvalue weighted by Crippen LogP contribution is 2.29. The molecule has 2 nitrogen and oxygen atoms in total. The molecule has 88 valence electrons. The molecule has 2 heteroatoms. The highest BCUT2D eigenvalue weighted by atomic mass is 16.5. The maximum absolute atomic E-state index is 5.88. The lowest BCUT2D eigenvalue weighted by Crippen LogP contribution is -2.35. The van der Waals surface area contributed by atoms with Crippen LogP contribution >= 0.6 is 0 Å². The van der Waals surface area contributed by atoms with E-state index < -0.39 is 0 Å². The molecule has 1 aliphatic carbocycles. The zero-order valence-corrected chi connectivity index (χ0v) is 10.2. The lowest BCUT2D eigenvalue weighted by atomic mass is 9.82. The first kappa shape index (κ1) is 11.6. The molecule has 0 aliphatic heterocycles. The van der Waals surface area contributed by atoms with E-state index in [1.807, 2.05) is 0 Å². The van der Waals surface area contributed by atoms with Gasteiger partial charge < -0.3 is 10.5 Å². The predicted octanol–water partition coefficient (Wildman–Crippen LogP) is 2.56. The van der Waals surface area contributed by atoms with Gasteiger partial charge in [0.2, 0.25) is 0 Å². The minimum absolute atomic E-state index is 0.438. The van der Waals surface area contributed by atoms with Crippen LogP contribution < -0.4 is 5.73 Å². The summed E-state index contributed by atoms with van der Waals surface area (Å²) in [4.78, 5) is 0. The van der Waals surface area contributed by atoms with Crippen molar-refractivity contribution in [3.63, 3.8) is 0 Å². The van der Waals surface area contributed by atoms with E-state index in [0.717, 1.165) is 26.0 Å². The van der Waals surface area contributed by atoms with Gasteiger partial charge in [0.15, 0.2) is 0 Å². The summed E-state index contributed by atoms with van der Waals surface area (Å²) in [5, 5.41) is 0. The number of nitrogens with two attached hydrogens (primary N) is 1. The van der Waals surface area contributed by atoms with Crippen LogP contribution in [-0.4, -0.2) is 12.6 Å². The van der Waals surface area contributed by atoms with Crippen molar-refractivity contribution >= 4 is 0 Å². The van der Waals surface area contributed by atoms with Crippen molar-refractivity contribution in [2.75, 3.05) is 6.54 Å². The molecule has 0 heterocycles. The van der Waals surface area contributed by atoms with E-state index in [0.29, 0.717) is 12.0 Å². The average molecular weight is 219 g/mol. The van der Waals surface area contributed by atoms with Crippen LogP contribution in [0.2, 0.25) is 0 Å². The van der Waals surface area contributed by atoms with Gasteiger partial charge in [-0.25, -0.2) is 0 Å². The fourth-order valence-electron chi connectivity index (χ4n) is 2.17. The SMILES string of the molecule is Cc1ccc(C)c(COC2CC(CN)C2)c1. The maximum atomic E-state index is 5.88. The fraction of sp³-hybridized carbons (Fsp3) is 0.571. The molecule has 1 aromatic carbocycles. The van der Waals surface area contributed by atoms with Gasteiger partial charge in [0, 0.05) is 0 Å². The summed E-state index contributed by atoms with van der Waals surface area (Å²) in [7, 11) is 0. The van der Waals surface area contributed by atoms with Gasteiger partial charge in [0.25, 0.3) is 0 Å². The lowest BCUT2D eigenvalue weighted by Gasteiger charge is -2.34. The van der Waals surface area contributed by atoms with Gasteiger partial charge in [0.1, 0.15) is 0 Å². The van der Waals surface area contributed by atoms with Gasteiger partial charge in [-0.05, 0) is 50.3 Å². The van der Waals surface area contributed by atoms with Crippen LogP contribution in [0, 0.1) is 19.8 Å². The van der Waals surface area contributed by atoms with Gasteiger partial charge in [-0.3, -0.25) is 0 Å². The number of ether oxygens (including phenoxy) is 1. The van der Waals surface area contributed by atoms with E-state index in [9.17, 15) is 0 Å². The first-order valence-corrected chi connectivity index (χ1v) is 6.07. The van der Waals surface area contributed by atoms with E-state index in [1.165, 1.54) is 16.7 Å². The topological polar surface area (TPSA) is 35.2 Å². The van der Waals surface area contributed by atoms with Crippen molar-refractivity contribution in [2.45, 2.75) is 39.4 Å². The molecule has 0 radical (unpaired) electrons. The molecular weight excluding hydrogens is 198 g/mol. The van der Waals surface area contributed by atoms with Gasteiger partial charge in [-0.15, -0.1) is 0 Å². The maximum Gasteiger partial charge on any atom is 0.0723 e. The first-order chi connectivity index (χ1) is 7.69. The lowest BCUT2D eigenvalue weighted by molar-refractivity contribution is -0.0377. The molecule has 2 rings (SSSR count). The summed E-state index contributed by atoms with van der Waals surface area (Å²) in [5.74, 6) is 0.698. The molecule has 0 amide bonds. The molecule has 0 bridgehead atoms. The second-order valence-electron chi connectivity index (χ2n) is 4.94. The zero-order valence-electron chi connectivity index (χ0n) is 10.2. The quantitative estimate of drug-likeness (QED) is 0.844. The van der Waals surface area contributed by atoms with Gasteiger partial charge in [-0.1, -0.05) is 23.8 Å². The molecule has 0 atom stereocenters. The van der Waals surface area contributed by atoms with E-state index in [2.05, 4.69) is 32.0 Å². The predicted molar refractivity (Wildman–Crippen MR) is 66.3 cm³/mol. The van der Waals surface area contributed by atoms with E-state index in [-0.39, 0.29) is 0 Å². The molecule has 1 fully saturated rings. The zero-order chi connectivity index (χ0) is 11.5. The molecule has 0 aromatic heterocycles. The van der Waals surface area contributed by atoms with Gasteiger partial charge in [-0.2, -0.15) is 0 Å². The summed E-state index contributed by atoms with van der Waals surface area (Å²) in [6, 6.07) is 6.53. The first-order valence-electron chi connectivity index (χ1n) is 6.07. The minimum atomic E-state index is 0.438. The Kier molecular flexibility index (Phi) is 3.62. The standard InChI is InChI=1S/C14H21NO/c1-10-3-4-11(2)13(5-10)9-16-14-6-12(7-14)8-15/h3-5,12,14H,6-9,15H2,1-2H3. The number of hydrogen-bond donors (Lipinski definition) is 1. The van der Waals surface area contributed by atoms with Crippen LogP contribution in [0.15, 0.2) is 18.2 Å². The molecular formula is C14H21NO.